The van der Waals surface area contributed by atoms with Gasteiger partial charge >= 0.3 is 0 Å². The summed E-state index contributed by atoms with van der Waals surface area (Å²) < 4.78 is 33.9. The van der Waals surface area contributed by atoms with Gasteiger partial charge in [0, 0.05) is 35.0 Å². The number of sulfonamides is 1. The highest BCUT2D eigenvalue weighted by atomic mass is 35.5. The van der Waals surface area contributed by atoms with Crippen LogP contribution < -0.4 is 14.4 Å². The number of carbonyl (C=O) groups is 1. The van der Waals surface area contributed by atoms with Crippen LogP contribution >= 0.6 is 21.6 Å². The number of amides is 1. The topological polar surface area (TPSA) is 95.9 Å². The molecule has 1 spiro atoms. The maximum atomic E-state index is 13.2. The fourth-order valence-corrected chi connectivity index (χ4v) is 8.28. The molecule has 1 aliphatic heterocycles. The van der Waals surface area contributed by atoms with E-state index in [-0.39, 0.29) is 22.8 Å². The number of hydrogen-bond acceptors (Lipinski definition) is 6. The van der Waals surface area contributed by atoms with Crippen LogP contribution in [0.5, 0.6) is 5.75 Å². The molecule has 47 heavy (non-hydrogen) atoms. The molecule has 256 valence electrons. The van der Waals surface area contributed by atoms with Gasteiger partial charge in [0.2, 0.25) is 10.0 Å². The molecule has 1 fully saturated rings. The van der Waals surface area contributed by atoms with Gasteiger partial charge in [-0.15, -0.1) is 0 Å². The van der Waals surface area contributed by atoms with E-state index in [0.717, 1.165) is 49.2 Å². The Morgan fingerprint density at radius 2 is 1.98 bits per heavy atom. The quantitative estimate of drug-likeness (QED) is 0.236. The van der Waals surface area contributed by atoms with Crippen molar-refractivity contribution in [2.75, 3.05) is 43.4 Å². The maximum Gasteiger partial charge on any atom is 0.264 e. The van der Waals surface area contributed by atoms with Crippen LogP contribution in [0.3, 0.4) is 0 Å². The predicted octanol–water partition coefficient (Wildman–Crippen LogP) is 6.66. The maximum absolute atomic E-state index is 13.2. The van der Waals surface area contributed by atoms with E-state index in [1.165, 1.54) is 25.0 Å². The summed E-state index contributed by atoms with van der Waals surface area (Å²) in [5, 5.41) is 15.4. The first-order chi connectivity index (χ1) is 22.1. The molecule has 0 aromatic heterocycles. The molecular formula is C37H49ClN2O5S2. The number of fused-ring (bicyclic) bond motifs is 3. The zero-order chi connectivity index (χ0) is 34.2. The van der Waals surface area contributed by atoms with Crippen molar-refractivity contribution in [3.05, 3.63) is 70.3 Å². The molecule has 1 amide bonds. The highest BCUT2D eigenvalue weighted by molar-refractivity contribution is 8.35. The number of hydrogen-bond donors (Lipinski definition) is 2. The number of nitrogens with one attached hydrogen (secondary N) is 1. The highest BCUT2D eigenvalue weighted by Gasteiger charge is 2.47. The summed E-state index contributed by atoms with van der Waals surface area (Å²) in [6.45, 7) is 6.88. The van der Waals surface area contributed by atoms with Crippen molar-refractivity contribution in [3.8, 4) is 16.9 Å². The standard InChI is InChI=1S/C37H49ClN2O5S2/c1-7-8-18-37(42,19-20-46(4,5)6)32-14-11-29(32)23-40-24-36(17-9-10-27-21-30(38)13-15-31(27)36)25-45-34-16-12-28(22-33(34)40)35(41)39-47(43,44)26(2)3/h8,12-13,15-16,18,21-22,26,29,32,42H,7,9-11,14,17,23-25H2,1-6H3,(H,39,41)/b18-8+/t29-,32+,36-,37+/m0/s1. The Bertz CT molecular complexity index is 1710. The summed E-state index contributed by atoms with van der Waals surface area (Å²) in [4.78, 5) is 15.6. The zero-order valence-corrected chi connectivity index (χ0v) is 30.8. The molecule has 4 atom stereocenters. The Labute approximate surface area is 287 Å². The van der Waals surface area contributed by atoms with E-state index in [2.05, 4.69) is 58.6 Å². The van der Waals surface area contributed by atoms with E-state index in [9.17, 15) is 18.3 Å². The van der Waals surface area contributed by atoms with Crippen LogP contribution in [0.1, 0.15) is 74.4 Å². The third kappa shape index (κ3) is 7.83. The summed E-state index contributed by atoms with van der Waals surface area (Å²) in [7, 11) is -4.95. The van der Waals surface area contributed by atoms with Crippen LogP contribution in [0.4, 0.5) is 5.69 Å². The molecule has 2 aliphatic carbocycles. The first-order valence-electron chi connectivity index (χ1n) is 16.5. The highest BCUT2D eigenvalue weighted by Crippen LogP contribution is 2.48. The minimum absolute atomic E-state index is 0.0526. The molecule has 1 heterocycles. The van der Waals surface area contributed by atoms with Crippen molar-refractivity contribution in [2.24, 2.45) is 11.8 Å². The molecule has 0 unspecified atom stereocenters. The Morgan fingerprint density at radius 1 is 1.21 bits per heavy atom. The lowest BCUT2D eigenvalue weighted by atomic mass is 9.64. The fourth-order valence-electron chi connectivity index (χ4n) is 7.00. The predicted molar refractivity (Wildman–Crippen MR) is 195 cm³/mol. The second-order valence-electron chi connectivity index (χ2n) is 14.5. The second-order valence-corrected chi connectivity index (χ2v) is 21.0. The number of aliphatic hydroxyl groups is 1. The number of nitrogens with zero attached hydrogens (tertiary/aromatic N) is 1. The van der Waals surface area contributed by atoms with Crippen molar-refractivity contribution in [1.82, 2.24) is 4.72 Å². The van der Waals surface area contributed by atoms with Crippen molar-refractivity contribution in [2.45, 2.75) is 75.6 Å². The minimum Gasteiger partial charge on any atom is -0.490 e. The summed E-state index contributed by atoms with van der Waals surface area (Å²) in [6, 6.07) is 11.3. The van der Waals surface area contributed by atoms with Gasteiger partial charge in [-0.25, -0.2) is 13.1 Å². The van der Waals surface area contributed by atoms with Crippen LogP contribution in [-0.4, -0.2) is 68.7 Å². The monoisotopic (exact) mass is 700 g/mol. The van der Waals surface area contributed by atoms with Crippen LogP contribution in [-0.2, 0) is 21.9 Å². The van der Waals surface area contributed by atoms with Gasteiger partial charge in [0.15, 0.2) is 0 Å². The molecule has 2 aromatic carbocycles. The lowest BCUT2D eigenvalue weighted by molar-refractivity contribution is -0.00308. The lowest BCUT2D eigenvalue weighted by Crippen LogP contribution is -2.52. The molecule has 3 aliphatic rings. The number of aryl methyl sites for hydroxylation is 1. The number of rotatable bonds is 8. The number of ether oxygens (including phenoxy) is 1. The summed E-state index contributed by atoms with van der Waals surface area (Å²) in [5.41, 5.74) is 1.92. The molecule has 5 rings (SSSR count). The number of halogens is 1. The Morgan fingerprint density at radius 3 is 2.64 bits per heavy atom. The van der Waals surface area contributed by atoms with E-state index in [1.54, 1.807) is 18.2 Å². The first kappa shape index (κ1) is 35.7. The molecule has 10 heteroatoms. The molecule has 7 nitrogen and oxygen atoms in total. The third-order valence-electron chi connectivity index (χ3n) is 9.76. The Kier molecular flexibility index (Phi) is 10.4. The van der Waals surface area contributed by atoms with Gasteiger partial charge in [-0.3, -0.25) is 4.79 Å². The van der Waals surface area contributed by atoms with E-state index in [0.29, 0.717) is 25.4 Å². The molecule has 0 saturated heterocycles. The van der Waals surface area contributed by atoms with Crippen LogP contribution in [0.15, 0.2) is 48.6 Å². The van der Waals surface area contributed by atoms with Crippen LogP contribution in [0, 0.1) is 23.0 Å². The van der Waals surface area contributed by atoms with E-state index >= 15 is 0 Å². The van der Waals surface area contributed by atoms with E-state index < -0.39 is 36.8 Å². The van der Waals surface area contributed by atoms with E-state index in [1.807, 2.05) is 18.2 Å². The van der Waals surface area contributed by atoms with Gasteiger partial charge in [0.25, 0.3) is 5.91 Å². The summed E-state index contributed by atoms with van der Waals surface area (Å²) in [5.74, 6) is 3.36. The smallest absolute Gasteiger partial charge is 0.264 e. The van der Waals surface area contributed by atoms with E-state index in [4.69, 9.17) is 16.3 Å². The van der Waals surface area contributed by atoms with Gasteiger partial charge in [-0.2, -0.15) is 10.0 Å². The normalized spacial score (nSPS) is 24.2. The van der Waals surface area contributed by atoms with Gasteiger partial charge in [0.1, 0.15) is 11.4 Å². The number of anilines is 1. The second kappa shape index (κ2) is 13.7. The average Bonchev–Trinajstić information content (AvgIpc) is 3.13. The third-order valence-corrected chi connectivity index (χ3v) is 12.4. The van der Waals surface area contributed by atoms with Crippen molar-refractivity contribution in [1.29, 1.82) is 0 Å². The SMILES string of the molecule is CC/C=C/[C@@](O)(C#CS(C)(C)C)[C@@H]1CC[C@H]1CN1C[C@@]2(CCCc3cc(Cl)ccc32)COc2ccc(C(=O)NS(=O)(=O)C(C)C)cc21. The van der Waals surface area contributed by atoms with Crippen molar-refractivity contribution >= 4 is 43.2 Å². The number of benzene rings is 2. The first-order valence-corrected chi connectivity index (χ1v) is 21.3. The molecular weight excluding hydrogens is 652 g/mol. The molecule has 2 aromatic rings. The van der Waals surface area contributed by atoms with Gasteiger partial charge in [0.05, 0.1) is 17.5 Å². The van der Waals surface area contributed by atoms with Gasteiger partial charge in [-0.05, 0) is 125 Å². The van der Waals surface area contributed by atoms with Crippen LogP contribution in [0.25, 0.3) is 0 Å². The van der Waals surface area contributed by atoms with Crippen molar-refractivity contribution in [3.63, 3.8) is 0 Å². The molecule has 0 bridgehead atoms. The van der Waals surface area contributed by atoms with Crippen LogP contribution in [0.2, 0.25) is 5.02 Å². The summed E-state index contributed by atoms with van der Waals surface area (Å²) in [6.07, 6.45) is 15.8. The van der Waals surface area contributed by atoms with Gasteiger partial charge in [-0.1, -0.05) is 41.8 Å². The Hall–Kier alpha value is -2.64. The minimum atomic E-state index is -3.81. The molecule has 0 radical (unpaired) electrons. The summed E-state index contributed by atoms with van der Waals surface area (Å²) >= 11 is 6.43. The Balaban J connectivity index is 1.55. The van der Waals surface area contributed by atoms with Gasteiger partial charge < -0.3 is 14.7 Å². The fraction of sp³-hybridized carbons (Fsp3) is 0.541. The number of carbonyl (C=O) groups excluding carboxylic acids is 1. The zero-order valence-electron chi connectivity index (χ0n) is 28.4. The number of allylic oxidation sites excluding steroid dienone is 1. The largest absolute Gasteiger partial charge is 0.490 e. The molecule has 2 N–H and O–H groups in total. The molecule has 1 saturated carbocycles. The van der Waals surface area contributed by atoms with Crippen molar-refractivity contribution < 1.29 is 23.1 Å². The average molecular weight is 701 g/mol. The lowest BCUT2D eigenvalue weighted by Gasteiger charge is -2.47.